The van der Waals surface area contributed by atoms with Crippen molar-refractivity contribution in [3.05, 3.63) is 39.3 Å². The molecule has 0 aromatic carbocycles. The summed E-state index contributed by atoms with van der Waals surface area (Å²) in [6.45, 7) is 3.82. The van der Waals surface area contributed by atoms with Gasteiger partial charge >= 0.3 is 0 Å². The third kappa shape index (κ3) is 2.71. The van der Waals surface area contributed by atoms with Gasteiger partial charge in [0.2, 0.25) is 5.95 Å². The number of rotatable bonds is 2. The number of hydrogen-bond donors (Lipinski definition) is 1. The molecule has 21 heavy (non-hydrogen) atoms. The van der Waals surface area contributed by atoms with Crippen LogP contribution in [-0.2, 0) is 6.42 Å². The van der Waals surface area contributed by atoms with E-state index in [1.54, 1.807) is 13.0 Å². The maximum absolute atomic E-state index is 12.1. The Morgan fingerprint density at radius 3 is 2.90 bits per heavy atom. The molecule has 0 aliphatic heterocycles. The maximum Gasteiger partial charge on any atom is 0.268 e. The minimum absolute atomic E-state index is 0.0948. The van der Waals surface area contributed by atoms with Gasteiger partial charge in [-0.3, -0.25) is 14.9 Å². The quantitative estimate of drug-likeness (QED) is 0.925. The van der Waals surface area contributed by atoms with Crippen LogP contribution in [0.1, 0.15) is 44.8 Å². The highest BCUT2D eigenvalue weighted by Gasteiger charge is 2.27. The van der Waals surface area contributed by atoms with Crippen molar-refractivity contribution in [3.8, 4) is 0 Å². The van der Waals surface area contributed by atoms with Crippen molar-refractivity contribution < 1.29 is 9.59 Å². The molecule has 1 aliphatic rings. The molecule has 5 nitrogen and oxygen atoms in total. The molecule has 1 atom stereocenters. The summed E-state index contributed by atoms with van der Waals surface area (Å²) in [6, 6.07) is 3.57. The smallest absolute Gasteiger partial charge is 0.268 e. The fourth-order valence-corrected chi connectivity index (χ4v) is 3.21. The molecule has 0 fully saturated rings. The normalized spacial score (nSPS) is 17.4. The number of thiophene rings is 1. The number of ketones is 1. The number of aromatic nitrogens is 2. The highest BCUT2D eigenvalue weighted by atomic mass is 32.1. The van der Waals surface area contributed by atoms with Crippen LogP contribution in [0.15, 0.2) is 17.5 Å². The Labute approximate surface area is 126 Å². The second kappa shape index (κ2) is 5.37. The van der Waals surface area contributed by atoms with Crippen LogP contribution >= 0.6 is 11.3 Å². The average Bonchev–Trinajstić information content (AvgIpc) is 2.90. The van der Waals surface area contributed by atoms with Crippen LogP contribution in [0, 0.1) is 12.8 Å². The van der Waals surface area contributed by atoms with Crippen LogP contribution in [-0.4, -0.2) is 21.7 Å². The number of aryl methyl sites for hydroxylation is 1. The summed E-state index contributed by atoms with van der Waals surface area (Å²) in [5, 5.41) is 4.54. The first-order valence-corrected chi connectivity index (χ1v) is 7.68. The van der Waals surface area contributed by atoms with E-state index in [9.17, 15) is 9.59 Å². The van der Waals surface area contributed by atoms with Crippen molar-refractivity contribution in [2.24, 2.45) is 5.92 Å². The number of carbonyl (C=O) groups is 2. The standard InChI is InChI=1S/C15H15N3O2S/c1-8-6-10-13(11(19)7-8)9(2)16-15(17-10)18-14(20)12-4-3-5-21-12/h3-5,8H,6-7H2,1-2H3,(H,16,17,18,20)/t8-/m1/s1. The first-order valence-electron chi connectivity index (χ1n) is 6.80. The summed E-state index contributed by atoms with van der Waals surface area (Å²) in [5.41, 5.74) is 2.01. The number of amides is 1. The van der Waals surface area contributed by atoms with Crippen LogP contribution in [0.2, 0.25) is 0 Å². The van der Waals surface area contributed by atoms with E-state index in [1.807, 2.05) is 18.4 Å². The molecule has 1 N–H and O–H groups in total. The molecule has 3 rings (SSSR count). The number of nitrogens with one attached hydrogen (secondary N) is 1. The van der Waals surface area contributed by atoms with Crippen molar-refractivity contribution in [3.63, 3.8) is 0 Å². The molecule has 2 aromatic rings. The minimum atomic E-state index is -0.223. The molecular weight excluding hydrogens is 286 g/mol. The van der Waals surface area contributed by atoms with Gasteiger partial charge in [0, 0.05) is 6.42 Å². The lowest BCUT2D eigenvalue weighted by molar-refractivity contribution is 0.0950. The first-order chi connectivity index (χ1) is 10.0. The Hall–Kier alpha value is -2.08. The van der Waals surface area contributed by atoms with E-state index in [1.165, 1.54) is 11.3 Å². The Kier molecular flexibility index (Phi) is 3.55. The Morgan fingerprint density at radius 2 is 2.19 bits per heavy atom. The monoisotopic (exact) mass is 301 g/mol. The van der Waals surface area contributed by atoms with Crippen LogP contribution in [0.5, 0.6) is 0 Å². The fourth-order valence-electron chi connectivity index (χ4n) is 2.59. The molecule has 2 heterocycles. The summed E-state index contributed by atoms with van der Waals surface area (Å²) in [6.07, 6.45) is 1.28. The molecule has 0 bridgehead atoms. The maximum atomic E-state index is 12.1. The van der Waals surface area contributed by atoms with Gasteiger partial charge in [-0.15, -0.1) is 11.3 Å². The van der Waals surface area contributed by atoms with Gasteiger partial charge in [-0.25, -0.2) is 9.97 Å². The number of nitrogens with zero attached hydrogens (tertiary/aromatic N) is 2. The molecule has 0 spiro atoms. The number of Topliss-reactive ketones (excluding diaryl/α,β-unsaturated/α-hetero) is 1. The first kappa shape index (κ1) is 13.9. The molecule has 1 amide bonds. The number of hydrogen-bond acceptors (Lipinski definition) is 5. The molecule has 6 heteroatoms. The second-order valence-corrected chi connectivity index (χ2v) is 6.27. The number of anilines is 1. The van der Waals surface area contributed by atoms with Crippen molar-refractivity contribution in [1.82, 2.24) is 9.97 Å². The van der Waals surface area contributed by atoms with Crippen LogP contribution in [0.25, 0.3) is 0 Å². The zero-order chi connectivity index (χ0) is 15.0. The Bertz CT molecular complexity index is 710. The summed E-state index contributed by atoms with van der Waals surface area (Å²) in [7, 11) is 0. The Morgan fingerprint density at radius 1 is 1.38 bits per heavy atom. The van der Waals surface area contributed by atoms with E-state index in [0.29, 0.717) is 22.6 Å². The molecule has 0 saturated carbocycles. The fraction of sp³-hybridized carbons (Fsp3) is 0.333. The Balaban J connectivity index is 1.91. The van der Waals surface area contributed by atoms with E-state index < -0.39 is 0 Å². The lowest BCUT2D eigenvalue weighted by Gasteiger charge is -2.21. The second-order valence-electron chi connectivity index (χ2n) is 5.32. The average molecular weight is 301 g/mol. The van der Waals surface area contributed by atoms with Gasteiger partial charge < -0.3 is 0 Å². The predicted molar refractivity (Wildman–Crippen MR) is 80.9 cm³/mol. The van der Waals surface area contributed by atoms with Crippen LogP contribution < -0.4 is 5.32 Å². The highest BCUT2D eigenvalue weighted by Crippen LogP contribution is 2.26. The van der Waals surface area contributed by atoms with E-state index in [2.05, 4.69) is 15.3 Å². The van der Waals surface area contributed by atoms with Crippen LogP contribution in [0.4, 0.5) is 5.95 Å². The predicted octanol–water partition coefficient (Wildman–Crippen LogP) is 2.86. The third-order valence-corrected chi connectivity index (χ3v) is 4.36. The number of fused-ring (bicyclic) bond motifs is 1. The molecule has 1 aliphatic carbocycles. The molecule has 2 aromatic heterocycles. The van der Waals surface area contributed by atoms with E-state index in [0.717, 1.165) is 12.1 Å². The van der Waals surface area contributed by atoms with Gasteiger partial charge in [0.1, 0.15) is 0 Å². The summed E-state index contributed by atoms with van der Waals surface area (Å²) >= 11 is 1.36. The van der Waals surface area contributed by atoms with Gasteiger partial charge in [-0.2, -0.15) is 0 Å². The largest absolute Gasteiger partial charge is 0.294 e. The van der Waals surface area contributed by atoms with Gasteiger partial charge in [0.05, 0.1) is 21.8 Å². The van der Waals surface area contributed by atoms with Crippen molar-refractivity contribution in [1.29, 1.82) is 0 Å². The summed E-state index contributed by atoms with van der Waals surface area (Å²) < 4.78 is 0. The summed E-state index contributed by atoms with van der Waals surface area (Å²) in [5.74, 6) is 0.420. The van der Waals surface area contributed by atoms with E-state index in [4.69, 9.17) is 0 Å². The third-order valence-electron chi connectivity index (χ3n) is 3.49. The zero-order valence-electron chi connectivity index (χ0n) is 11.8. The van der Waals surface area contributed by atoms with Gasteiger partial charge in [0.25, 0.3) is 5.91 Å². The summed E-state index contributed by atoms with van der Waals surface area (Å²) in [4.78, 5) is 33.3. The lowest BCUT2D eigenvalue weighted by Crippen LogP contribution is -2.23. The van der Waals surface area contributed by atoms with E-state index >= 15 is 0 Å². The molecular formula is C15H15N3O2S. The molecule has 108 valence electrons. The van der Waals surface area contributed by atoms with Gasteiger partial charge in [0.15, 0.2) is 5.78 Å². The van der Waals surface area contributed by atoms with E-state index in [-0.39, 0.29) is 23.6 Å². The van der Waals surface area contributed by atoms with Crippen molar-refractivity contribution in [2.45, 2.75) is 26.7 Å². The lowest BCUT2D eigenvalue weighted by atomic mass is 9.86. The molecule has 0 radical (unpaired) electrons. The van der Waals surface area contributed by atoms with Crippen molar-refractivity contribution >= 4 is 29.0 Å². The zero-order valence-corrected chi connectivity index (χ0v) is 12.7. The minimum Gasteiger partial charge on any atom is -0.294 e. The number of carbonyl (C=O) groups excluding carboxylic acids is 2. The SMILES string of the molecule is Cc1nc(NC(=O)c2cccs2)nc2c1C(=O)C[C@H](C)C2. The highest BCUT2D eigenvalue weighted by molar-refractivity contribution is 7.12. The van der Waals surface area contributed by atoms with Crippen LogP contribution in [0.3, 0.4) is 0 Å². The topological polar surface area (TPSA) is 72.0 Å². The van der Waals surface area contributed by atoms with Gasteiger partial charge in [-0.05, 0) is 30.7 Å². The molecule has 0 unspecified atom stereocenters. The molecule has 0 saturated heterocycles. The van der Waals surface area contributed by atoms with Crippen molar-refractivity contribution in [2.75, 3.05) is 5.32 Å². The van der Waals surface area contributed by atoms with Gasteiger partial charge in [-0.1, -0.05) is 13.0 Å².